The number of fused-ring (bicyclic) bond motifs is 1. The van der Waals surface area contributed by atoms with E-state index in [-0.39, 0.29) is 18.6 Å². The highest BCUT2D eigenvalue weighted by Gasteiger charge is 2.18. The Morgan fingerprint density at radius 1 is 1.00 bits per heavy atom. The van der Waals surface area contributed by atoms with Crippen molar-refractivity contribution in [3.8, 4) is 5.75 Å². The zero-order valence-electron chi connectivity index (χ0n) is 20.6. The van der Waals surface area contributed by atoms with Crippen molar-refractivity contribution in [1.29, 1.82) is 0 Å². The molecule has 0 saturated heterocycles. The molecule has 0 spiro atoms. The Bertz CT molecular complexity index is 1390. The smallest absolute Gasteiger partial charge is 0.340 e. The monoisotopic (exact) mass is 500 g/mol. The molecule has 4 rings (SSSR count). The summed E-state index contributed by atoms with van der Waals surface area (Å²) < 4.78 is 10.0. The summed E-state index contributed by atoms with van der Waals surface area (Å²) >= 11 is 0. The summed E-state index contributed by atoms with van der Waals surface area (Å²) in [6, 6.07) is 19.4. The molecule has 3 aromatic carbocycles. The molecular formula is C28H28N4O5. The third kappa shape index (κ3) is 6.02. The summed E-state index contributed by atoms with van der Waals surface area (Å²) in [6.07, 6.45) is 2.55. The number of carbonyl (C=O) groups excluding carboxylic acids is 2. The van der Waals surface area contributed by atoms with E-state index >= 15 is 0 Å². The number of aliphatic hydroxyl groups is 1. The van der Waals surface area contributed by atoms with Crippen LogP contribution in [0.3, 0.4) is 0 Å². The summed E-state index contributed by atoms with van der Waals surface area (Å²) in [6.45, 7) is 0.0308. The van der Waals surface area contributed by atoms with Gasteiger partial charge < -0.3 is 25.2 Å². The van der Waals surface area contributed by atoms with Crippen molar-refractivity contribution in [1.82, 2.24) is 9.97 Å². The van der Waals surface area contributed by atoms with E-state index in [0.717, 1.165) is 5.56 Å². The number of hydrogen-bond donors (Lipinski definition) is 3. The molecule has 3 N–H and O–H groups in total. The van der Waals surface area contributed by atoms with Crippen molar-refractivity contribution in [2.24, 2.45) is 0 Å². The maximum Gasteiger partial charge on any atom is 0.340 e. The number of anilines is 2. The number of ether oxygens (including phenoxy) is 2. The zero-order chi connectivity index (χ0) is 26.2. The third-order valence-electron chi connectivity index (χ3n) is 5.93. The number of nitrogens with zero attached hydrogens (tertiary/aromatic N) is 2. The Labute approximate surface area is 214 Å². The molecule has 9 nitrogen and oxygen atoms in total. The van der Waals surface area contributed by atoms with Crippen molar-refractivity contribution in [2.75, 3.05) is 31.5 Å². The minimum Gasteiger partial charge on any atom is -0.497 e. The van der Waals surface area contributed by atoms with Gasteiger partial charge in [-0.15, -0.1) is 0 Å². The molecule has 1 unspecified atom stereocenters. The normalized spacial score (nSPS) is 11.5. The number of hydrogen-bond acceptors (Lipinski definition) is 8. The molecular weight excluding hydrogens is 472 g/mol. The van der Waals surface area contributed by atoms with Crippen molar-refractivity contribution >= 4 is 34.3 Å². The van der Waals surface area contributed by atoms with Gasteiger partial charge in [-0.2, -0.15) is 0 Å². The lowest BCUT2D eigenvalue weighted by Crippen LogP contribution is -2.15. The fourth-order valence-corrected chi connectivity index (χ4v) is 4.04. The summed E-state index contributed by atoms with van der Waals surface area (Å²) in [4.78, 5) is 33.7. The highest BCUT2D eigenvalue weighted by atomic mass is 16.5. The second-order valence-corrected chi connectivity index (χ2v) is 8.29. The van der Waals surface area contributed by atoms with E-state index in [1.54, 1.807) is 43.5 Å². The maximum atomic E-state index is 12.8. The summed E-state index contributed by atoms with van der Waals surface area (Å²) in [5, 5.41) is 16.5. The van der Waals surface area contributed by atoms with Crippen LogP contribution in [0.5, 0.6) is 5.75 Å². The van der Waals surface area contributed by atoms with Gasteiger partial charge in [0.15, 0.2) is 0 Å². The molecule has 0 aliphatic heterocycles. The van der Waals surface area contributed by atoms with Crippen LogP contribution in [0.25, 0.3) is 10.9 Å². The van der Waals surface area contributed by atoms with Gasteiger partial charge in [0, 0.05) is 23.2 Å². The number of aliphatic hydroxyl groups excluding tert-OH is 1. The topological polar surface area (TPSA) is 123 Å². The van der Waals surface area contributed by atoms with Crippen LogP contribution < -0.4 is 15.4 Å². The molecule has 190 valence electrons. The number of nitrogens with one attached hydrogen (secondary N) is 2. The summed E-state index contributed by atoms with van der Waals surface area (Å²) in [7, 11) is 2.90. The van der Waals surface area contributed by atoms with Crippen LogP contribution in [-0.2, 0) is 4.74 Å². The molecule has 0 saturated carbocycles. The van der Waals surface area contributed by atoms with Gasteiger partial charge in [0.05, 0.1) is 31.3 Å². The highest BCUT2D eigenvalue weighted by molar-refractivity contribution is 6.05. The zero-order valence-corrected chi connectivity index (χ0v) is 20.6. The number of rotatable bonds is 10. The van der Waals surface area contributed by atoms with E-state index in [9.17, 15) is 14.7 Å². The SMILES string of the molecule is COC(=O)c1cccc2c(NC(CCCO)c3cccc(NC(=O)c4ccc(OC)cc4)c3)ncnc12. The van der Waals surface area contributed by atoms with Gasteiger partial charge in [0.1, 0.15) is 17.9 Å². The molecule has 9 heteroatoms. The molecule has 1 heterocycles. The number of esters is 1. The molecule has 0 aliphatic carbocycles. The lowest BCUT2D eigenvalue weighted by atomic mass is 10.0. The average Bonchev–Trinajstić information content (AvgIpc) is 2.94. The Balaban J connectivity index is 1.61. The molecule has 1 atom stereocenters. The van der Waals surface area contributed by atoms with Crippen LogP contribution in [0, 0.1) is 0 Å². The second-order valence-electron chi connectivity index (χ2n) is 8.29. The minimum atomic E-state index is -0.479. The largest absolute Gasteiger partial charge is 0.497 e. The Morgan fingerprint density at radius 3 is 2.51 bits per heavy atom. The average molecular weight is 501 g/mol. The first kappa shape index (κ1) is 25.6. The van der Waals surface area contributed by atoms with Gasteiger partial charge in [-0.05, 0) is 66.9 Å². The van der Waals surface area contributed by atoms with Gasteiger partial charge in [-0.3, -0.25) is 4.79 Å². The minimum absolute atomic E-state index is 0.0308. The van der Waals surface area contributed by atoms with E-state index < -0.39 is 5.97 Å². The molecule has 1 aromatic heterocycles. The first-order valence-corrected chi connectivity index (χ1v) is 11.8. The number of para-hydroxylation sites is 1. The second kappa shape index (κ2) is 12.0. The van der Waals surface area contributed by atoms with Crippen molar-refractivity contribution in [3.05, 3.63) is 89.7 Å². The predicted molar refractivity (Wildman–Crippen MR) is 141 cm³/mol. The van der Waals surface area contributed by atoms with Crippen molar-refractivity contribution in [2.45, 2.75) is 18.9 Å². The van der Waals surface area contributed by atoms with Gasteiger partial charge in [-0.25, -0.2) is 14.8 Å². The molecule has 0 fully saturated rings. The van der Waals surface area contributed by atoms with Crippen LogP contribution in [0.2, 0.25) is 0 Å². The highest BCUT2D eigenvalue weighted by Crippen LogP contribution is 2.30. The number of benzene rings is 3. The molecule has 0 radical (unpaired) electrons. The standard InChI is InChI=1S/C28H28N4O5/c1-36-21-13-11-18(12-14-21)27(34)31-20-7-3-6-19(16-20)24(10-5-15-33)32-26-22-8-4-9-23(28(35)37-2)25(22)29-17-30-26/h3-4,6-9,11-14,16-17,24,33H,5,10,15H2,1-2H3,(H,31,34)(H,29,30,32). The Morgan fingerprint density at radius 2 is 1.78 bits per heavy atom. The predicted octanol–water partition coefficient (Wildman–Crippen LogP) is 4.60. The lowest BCUT2D eigenvalue weighted by molar-refractivity contribution is 0.0602. The Kier molecular flexibility index (Phi) is 8.27. The molecule has 0 aliphatic rings. The molecule has 1 amide bonds. The van der Waals surface area contributed by atoms with Gasteiger partial charge >= 0.3 is 5.97 Å². The van der Waals surface area contributed by atoms with Crippen LogP contribution in [0.15, 0.2) is 73.1 Å². The first-order valence-electron chi connectivity index (χ1n) is 11.8. The first-order chi connectivity index (χ1) is 18.0. The fourth-order valence-electron chi connectivity index (χ4n) is 4.04. The number of methoxy groups -OCH3 is 2. The number of aromatic nitrogens is 2. The molecule has 4 aromatic rings. The third-order valence-corrected chi connectivity index (χ3v) is 5.93. The Hall–Kier alpha value is -4.50. The van der Waals surface area contributed by atoms with Gasteiger partial charge in [0.2, 0.25) is 0 Å². The summed E-state index contributed by atoms with van der Waals surface area (Å²) in [5.74, 6) is 0.503. The van der Waals surface area contributed by atoms with E-state index in [0.29, 0.717) is 52.1 Å². The lowest BCUT2D eigenvalue weighted by Gasteiger charge is -2.21. The van der Waals surface area contributed by atoms with Crippen LogP contribution in [0.1, 0.15) is 45.2 Å². The van der Waals surface area contributed by atoms with E-state index in [1.165, 1.54) is 13.4 Å². The van der Waals surface area contributed by atoms with E-state index in [4.69, 9.17) is 9.47 Å². The van der Waals surface area contributed by atoms with Crippen LogP contribution in [-0.4, -0.2) is 47.8 Å². The van der Waals surface area contributed by atoms with Gasteiger partial charge in [0.25, 0.3) is 5.91 Å². The number of carbonyl (C=O) groups is 2. The van der Waals surface area contributed by atoms with Crippen molar-refractivity contribution in [3.63, 3.8) is 0 Å². The molecule has 37 heavy (non-hydrogen) atoms. The molecule has 0 bridgehead atoms. The maximum absolute atomic E-state index is 12.8. The van der Waals surface area contributed by atoms with Crippen LogP contribution >= 0.6 is 0 Å². The van der Waals surface area contributed by atoms with Crippen LogP contribution in [0.4, 0.5) is 11.5 Å². The quantitative estimate of drug-likeness (QED) is 0.270. The van der Waals surface area contributed by atoms with Crippen molar-refractivity contribution < 1.29 is 24.2 Å². The van der Waals surface area contributed by atoms with E-state index in [1.807, 2.05) is 30.3 Å². The summed E-state index contributed by atoms with van der Waals surface area (Å²) in [5.41, 5.74) is 2.87. The van der Waals surface area contributed by atoms with E-state index in [2.05, 4.69) is 20.6 Å². The number of amides is 1. The fraction of sp³-hybridized carbons (Fsp3) is 0.214. The van der Waals surface area contributed by atoms with Gasteiger partial charge in [-0.1, -0.05) is 18.2 Å².